The fourth-order valence-corrected chi connectivity index (χ4v) is 5.63. The first-order valence-corrected chi connectivity index (χ1v) is 13.0. The maximum atomic E-state index is 12.7. The van der Waals surface area contributed by atoms with Crippen molar-refractivity contribution in [2.24, 2.45) is 5.92 Å². The summed E-state index contributed by atoms with van der Waals surface area (Å²) in [4.78, 5) is 17.6. The predicted molar refractivity (Wildman–Crippen MR) is 137 cm³/mol. The Morgan fingerprint density at radius 1 is 1.00 bits per heavy atom. The van der Waals surface area contributed by atoms with Gasteiger partial charge in [0.25, 0.3) is 0 Å². The minimum Gasteiger partial charge on any atom is -0.375 e. The number of hydrogen-bond donors (Lipinski definition) is 1. The number of carbonyl (C=O) groups excluding carboxylic acids is 1. The summed E-state index contributed by atoms with van der Waals surface area (Å²) < 4.78 is 5.85. The number of likely N-dealkylation sites (N-methyl/N-ethyl adjacent to an activating group) is 1. The first-order valence-electron chi connectivity index (χ1n) is 13.0. The molecule has 5 rings (SSSR count). The lowest BCUT2D eigenvalue weighted by Crippen LogP contribution is -2.43. The highest BCUT2D eigenvalue weighted by Crippen LogP contribution is 2.36. The van der Waals surface area contributed by atoms with Gasteiger partial charge in [0, 0.05) is 45.2 Å². The molecule has 1 N–H and O–H groups in total. The largest absolute Gasteiger partial charge is 0.375 e. The molecule has 3 heterocycles. The highest BCUT2D eigenvalue weighted by Gasteiger charge is 2.38. The van der Waals surface area contributed by atoms with E-state index in [0.29, 0.717) is 6.54 Å². The summed E-state index contributed by atoms with van der Waals surface area (Å²) in [6, 6.07) is 19.4. The molecule has 1 amide bonds. The van der Waals surface area contributed by atoms with Crippen molar-refractivity contribution in [2.45, 2.75) is 50.4 Å². The number of piperazine rings is 1. The normalized spacial score (nSPS) is 25.7. The van der Waals surface area contributed by atoms with Gasteiger partial charge in [0.2, 0.25) is 5.91 Å². The van der Waals surface area contributed by atoms with Gasteiger partial charge in [-0.2, -0.15) is 5.26 Å². The van der Waals surface area contributed by atoms with Crippen LogP contribution >= 0.6 is 0 Å². The molecule has 0 radical (unpaired) electrons. The fourth-order valence-electron chi connectivity index (χ4n) is 5.63. The van der Waals surface area contributed by atoms with E-state index in [1.54, 1.807) is 0 Å². The summed E-state index contributed by atoms with van der Waals surface area (Å²) in [5, 5.41) is 12.8. The summed E-state index contributed by atoms with van der Waals surface area (Å²) in [6.45, 7) is 5.86. The van der Waals surface area contributed by atoms with Crippen LogP contribution in [0, 0.1) is 17.2 Å². The molecule has 6 heteroatoms. The van der Waals surface area contributed by atoms with Crippen molar-refractivity contribution in [1.29, 1.82) is 5.26 Å². The van der Waals surface area contributed by atoms with Gasteiger partial charge < -0.3 is 15.0 Å². The molecule has 3 aliphatic heterocycles. The lowest BCUT2D eigenvalue weighted by Gasteiger charge is -2.32. The molecule has 2 bridgehead atoms. The average Bonchev–Trinajstić information content (AvgIpc) is 3.23. The molecule has 3 aliphatic rings. The van der Waals surface area contributed by atoms with E-state index < -0.39 is 0 Å². The Labute approximate surface area is 208 Å². The third kappa shape index (κ3) is 5.92. The van der Waals surface area contributed by atoms with Crippen LogP contribution in [0.2, 0.25) is 0 Å². The molecule has 2 unspecified atom stereocenters. The molecule has 3 fully saturated rings. The van der Waals surface area contributed by atoms with E-state index in [1.807, 2.05) is 12.1 Å². The molecule has 0 aliphatic carbocycles. The standard InChI is InChI=1S/C29H36N4O2/c1-32-12-14-33(15-13-32)20-21-2-4-22(5-3-21)23-6-8-24(9-7-23)26(18-30)19-31-29(34)25-16-27-10-11-28(17-25)35-27/h2-9,25-28H,10-17,19-20H2,1H3,(H,31,34)/t25?,26-,27?,28?/m1/s1. The molecule has 184 valence electrons. The van der Waals surface area contributed by atoms with E-state index in [4.69, 9.17) is 4.74 Å². The lowest BCUT2D eigenvalue weighted by molar-refractivity contribution is -0.130. The van der Waals surface area contributed by atoms with Crippen LogP contribution in [0.1, 0.15) is 42.7 Å². The highest BCUT2D eigenvalue weighted by atomic mass is 16.5. The van der Waals surface area contributed by atoms with Crippen LogP contribution in [0.15, 0.2) is 48.5 Å². The zero-order valence-electron chi connectivity index (χ0n) is 20.7. The van der Waals surface area contributed by atoms with E-state index in [2.05, 4.69) is 64.6 Å². The van der Waals surface area contributed by atoms with Crippen LogP contribution in [-0.2, 0) is 16.1 Å². The van der Waals surface area contributed by atoms with Crippen molar-refractivity contribution in [3.8, 4) is 17.2 Å². The summed E-state index contributed by atoms with van der Waals surface area (Å²) >= 11 is 0. The number of nitrogens with one attached hydrogen (secondary N) is 1. The van der Waals surface area contributed by atoms with Crippen LogP contribution in [0.5, 0.6) is 0 Å². The number of benzene rings is 2. The SMILES string of the molecule is CN1CCN(Cc2ccc(-c3ccc([C@H](C#N)CNC(=O)C4CC5CCC(C4)O5)cc3)cc2)CC1. The first kappa shape index (κ1) is 24.0. The summed E-state index contributed by atoms with van der Waals surface area (Å²) in [6.07, 6.45) is 4.24. The fraction of sp³-hybridized carbons (Fsp3) is 0.517. The van der Waals surface area contributed by atoms with Gasteiger partial charge >= 0.3 is 0 Å². The van der Waals surface area contributed by atoms with Crippen molar-refractivity contribution in [1.82, 2.24) is 15.1 Å². The van der Waals surface area contributed by atoms with E-state index in [9.17, 15) is 10.1 Å². The Morgan fingerprint density at radius 3 is 2.20 bits per heavy atom. The summed E-state index contributed by atoms with van der Waals surface area (Å²) in [7, 11) is 2.18. The molecule has 2 aromatic carbocycles. The first-order chi connectivity index (χ1) is 17.1. The minimum atomic E-state index is -0.351. The monoisotopic (exact) mass is 472 g/mol. The number of nitrogens with zero attached hydrogens (tertiary/aromatic N) is 3. The maximum Gasteiger partial charge on any atom is 0.223 e. The van der Waals surface area contributed by atoms with Crippen LogP contribution in [0.4, 0.5) is 0 Å². The number of rotatable bonds is 7. The third-order valence-corrected chi connectivity index (χ3v) is 7.90. The summed E-state index contributed by atoms with van der Waals surface area (Å²) in [5.74, 6) is -0.267. The Balaban J connectivity index is 1.14. The number of hydrogen-bond acceptors (Lipinski definition) is 5. The van der Waals surface area contributed by atoms with Crippen LogP contribution in [-0.4, -0.2) is 67.7 Å². The molecule has 35 heavy (non-hydrogen) atoms. The molecule has 3 atom stereocenters. The highest BCUT2D eigenvalue weighted by molar-refractivity contribution is 5.79. The van der Waals surface area contributed by atoms with Gasteiger partial charge in [0.15, 0.2) is 0 Å². The van der Waals surface area contributed by atoms with Crippen molar-refractivity contribution in [3.05, 3.63) is 59.7 Å². The van der Waals surface area contributed by atoms with Crippen LogP contribution in [0.3, 0.4) is 0 Å². The second kappa shape index (κ2) is 10.9. The number of nitriles is 1. The Kier molecular flexibility index (Phi) is 7.48. The lowest BCUT2D eigenvalue weighted by atomic mass is 9.93. The number of ether oxygens (including phenoxy) is 1. The second-order valence-electron chi connectivity index (χ2n) is 10.5. The quantitative estimate of drug-likeness (QED) is 0.664. The molecule has 0 spiro atoms. The Bertz CT molecular complexity index is 1030. The molecule has 0 saturated carbocycles. The number of fused-ring (bicyclic) bond motifs is 2. The molecular formula is C29H36N4O2. The average molecular weight is 473 g/mol. The van der Waals surface area contributed by atoms with Gasteiger partial charge in [-0.3, -0.25) is 9.69 Å². The van der Waals surface area contributed by atoms with Crippen LogP contribution in [0.25, 0.3) is 11.1 Å². The van der Waals surface area contributed by atoms with Crippen molar-refractivity contribution in [2.75, 3.05) is 39.8 Å². The number of amides is 1. The van der Waals surface area contributed by atoms with Crippen molar-refractivity contribution in [3.63, 3.8) is 0 Å². The molecule has 6 nitrogen and oxygen atoms in total. The van der Waals surface area contributed by atoms with E-state index in [0.717, 1.165) is 69.5 Å². The Morgan fingerprint density at radius 2 is 1.60 bits per heavy atom. The zero-order chi connectivity index (χ0) is 24.2. The molecule has 3 saturated heterocycles. The molecule has 0 aromatic heterocycles. The second-order valence-corrected chi connectivity index (χ2v) is 10.5. The minimum absolute atomic E-state index is 0.0159. The Hall–Kier alpha value is -2.72. The molecular weight excluding hydrogens is 436 g/mol. The van der Waals surface area contributed by atoms with Crippen molar-refractivity contribution >= 4 is 5.91 Å². The van der Waals surface area contributed by atoms with Gasteiger partial charge in [-0.05, 0) is 55.0 Å². The van der Waals surface area contributed by atoms with Gasteiger partial charge in [-0.15, -0.1) is 0 Å². The van der Waals surface area contributed by atoms with E-state index in [-0.39, 0.29) is 30.0 Å². The van der Waals surface area contributed by atoms with Crippen molar-refractivity contribution < 1.29 is 9.53 Å². The third-order valence-electron chi connectivity index (χ3n) is 7.90. The number of carbonyl (C=O) groups is 1. The van der Waals surface area contributed by atoms with E-state index in [1.165, 1.54) is 11.1 Å². The molecule has 2 aromatic rings. The van der Waals surface area contributed by atoms with Gasteiger partial charge in [-0.1, -0.05) is 48.5 Å². The smallest absolute Gasteiger partial charge is 0.223 e. The zero-order valence-corrected chi connectivity index (χ0v) is 20.7. The van der Waals surface area contributed by atoms with Gasteiger partial charge in [-0.25, -0.2) is 0 Å². The maximum absolute atomic E-state index is 12.7. The van der Waals surface area contributed by atoms with Gasteiger partial charge in [0.05, 0.1) is 24.2 Å². The predicted octanol–water partition coefficient (Wildman–Crippen LogP) is 3.78. The topological polar surface area (TPSA) is 68.6 Å². The van der Waals surface area contributed by atoms with Crippen LogP contribution < -0.4 is 5.32 Å². The summed E-state index contributed by atoms with van der Waals surface area (Å²) in [5.41, 5.74) is 4.59. The van der Waals surface area contributed by atoms with E-state index >= 15 is 0 Å². The van der Waals surface area contributed by atoms with Gasteiger partial charge in [0.1, 0.15) is 0 Å².